The zero-order valence-corrected chi connectivity index (χ0v) is 13.8. The number of ether oxygens (including phenoxy) is 1. The van der Waals surface area contributed by atoms with Gasteiger partial charge in [-0.1, -0.05) is 6.07 Å². The molecule has 0 radical (unpaired) electrons. The molecule has 126 valence electrons. The molecule has 2 rings (SSSR count). The van der Waals surface area contributed by atoms with Crippen molar-refractivity contribution in [3.8, 4) is 5.75 Å². The molecule has 0 aliphatic rings. The lowest BCUT2D eigenvalue weighted by atomic mass is 10.2. The quantitative estimate of drug-likeness (QED) is 0.814. The van der Waals surface area contributed by atoms with E-state index in [-0.39, 0.29) is 24.5 Å². The van der Waals surface area contributed by atoms with E-state index >= 15 is 0 Å². The first-order valence-corrected chi connectivity index (χ1v) is 7.75. The summed E-state index contributed by atoms with van der Waals surface area (Å²) in [7, 11) is 0. The predicted octanol–water partition coefficient (Wildman–Crippen LogP) is 1.91. The van der Waals surface area contributed by atoms with Gasteiger partial charge in [0, 0.05) is 24.5 Å². The van der Waals surface area contributed by atoms with Crippen LogP contribution in [0.1, 0.15) is 29.8 Å². The topological polar surface area (TPSA) is 80.3 Å². The molecule has 1 heterocycles. The van der Waals surface area contributed by atoms with Gasteiger partial charge in [-0.2, -0.15) is 0 Å². The fourth-order valence-corrected chi connectivity index (χ4v) is 1.99. The molecule has 0 saturated heterocycles. The van der Waals surface area contributed by atoms with Crippen molar-refractivity contribution < 1.29 is 14.3 Å². The van der Waals surface area contributed by atoms with Crippen molar-refractivity contribution in [2.45, 2.75) is 26.5 Å². The third-order valence-electron chi connectivity index (χ3n) is 3.11. The summed E-state index contributed by atoms with van der Waals surface area (Å²) in [4.78, 5) is 27.7. The van der Waals surface area contributed by atoms with E-state index in [1.54, 1.807) is 42.7 Å². The standard InChI is InChI=1S/C18H21N3O3/c1-13(2)24-16-7-5-15(6-8-16)18(23)21-12-17(22)20-11-14-4-3-9-19-10-14/h3-10,13H,11-12H2,1-2H3,(H,20,22)(H,21,23). The van der Waals surface area contributed by atoms with E-state index in [4.69, 9.17) is 4.74 Å². The molecule has 1 aromatic heterocycles. The SMILES string of the molecule is CC(C)Oc1ccc(C(=O)NCC(=O)NCc2cccnc2)cc1. The zero-order chi connectivity index (χ0) is 17.4. The summed E-state index contributed by atoms with van der Waals surface area (Å²) in [5.41, 5.74) is 1.38. The van der Waals surface area contributed by atoms with Crippen molar-refractivity contribution in [3.05, 3.63) is 59.9 Å². The lowest BCUT2D eigenvalue weighted by Crippen LogP contribution is -2.36. The molecule has 6 nitrogen and oxygen atoms in total. The van der Waals surface area contributed by atoms with Gasteiger partial charge in [0.15, 0.2) is 0 Å². The van der Waals surface area contributed by atoms with Gasteiger partial charge < -0.3 is 15.4 Å². The summed E-state index contributed by atoms with van der Waals surface area (Å²) in [6.07, 6.45) is 3.43. The highest BCUT2D eigenvalue weighted by molar-refractivity contribution is 5.96. The van der Waals surface area contributed by atoms with Crippen molar-refractivity contribution in [2.24, 2.45) is 0 Å². The van der Waals surface area contributed by atoms with Gasteiger partial charge in [-0.3, -0.25) is 14.6 Å². The first-order chi connectivity index (χ1) is 11.5. The average Bonchev–Trinajstić information content (AvgIpc) is 2.59. The van der Waals surface area contributed by atoms with Crippen LogP contribution in [0, 0.1) is 0 Å². The fourth-order valence-electron chi connectivity index (χ4n) is 1.99. The number of benzene rings is 1. The molecular weight excluding hydrogens is 306 g/mol. The summed E-state index contributed by atoms with van der Waals surface area (Å²) in [6.45, 7) is 4.17. The number of hydrogen-bond donors (Lipinski definition) is 2. The Morgan fingerprint density at radius 2 is 1.88 bits per heavy atom. The third kappa shape index (κ3) is 5.72. The second kappa shape index (κ2) is 8.67. The monoisotopic (exact) mass is 327 g/mol. The maximum absolute atomic E-state index is 12.0. The van der Waals surface area contributed by atoms with Gasteiger partial charge in [0.2, 0.25) is 5.91 Å². The van der Waals surface area contributed by atoms with Crippen molar-refractivity contribution in [3.63, 3.8) is 0 Å². The molecule has 24 heavy (non-hydrogen) atoms. The largest absolute Gasteiger partial charge is 0.491 e. The average molecular weight is 327 g/mol. The minimum Gasteiger partial charge on any atom is -0.491 e. The first kappa shape index (κ1) is 17.5. The minimum absolute atomic E-state index is 0.0770. The van der Waals surface area contributed by atoms with Crippen LogP contribution < -0.4 is 15.4 Å². The Morgan fingerprint density at radius 1 is 1.12 bits per heavy atom. The maximum atomic E-state index is 12.0. The van der Waals surface area contributed by atoms with Gasteiger partial charge in [-0.15, -0.1) is 0 Å². The van der Waals surface area contributed by atoms with Gasteiger partial charge in [0.1, 0.15) is 5.75 Å². The van der Waals surface area contributed by atoms with E-state index in [2.05, 4.69) is 15.6 Å². The molecule has 0 saturated carbocycles. The number of nitrogens with one attached hydrogen (secondary N) is 2. The molecule has 0 aliphatic carbocycles. The molecule has 2 amide bonds. The highest BCUT2D eigenvalue weighted by Gasteiger charge is 2.08. The van der Waals surface area contributed by atoms with Crippen molar-refractivity contribution >= 4 is 11.8 Å². The summed E-state index contributed by atoms with van der Waals surface area (Å²) in [5, 5.41) is 5.31. The second-order valence-corrected chi connectivity index (χ2v) is 5.51. The summed E-state index contributed by atoms with van der Waals surface area (Å²) >= 11 is 0. The van der Waals surface area contributed by atoms with Crippen LogP contribution in [0.15, 0.2) is 48.8 Å². The molecule has 0 fully saturated rings. The van der Waals surface area contributed by atoms with E-state index in [0.717, 1.165) is 5.56 Å². The van der Waals surface area contributed by atoms with Crippen LogP contribution in [0.3, 0.4) is 0 Å². The lowest BCUT2D eigenvalue weighted by molar-refractivity contribution is -0.120. The number of carbonyl (C=O) groups excluding carboxylic acids is 2. The Kier molecular flexibility index (Phi) is 6.31. The van der Waals surface area contributed by atoms with Gasteiger partial charge in [0.25, 0.3) is 5.91 Å². The molecule has 0 bridgehead atoms. The van der Waals surface area contributed by atoms with Gasteiger partial charge in [-0.25, -0.2) is 0 Å². The van der Waals surface area contributed by atoms with Gasteiger partial charge in [0.05, 0.1) is 12.6 Å². The second-order valence-electron chi connectivity index (χ2n) is 5.51. The lowest BCUT2D eigenvalue weighted by Gasteiger charge is -2.10. The highest BCUT2D eigenvalue weighted by atomic mass is 16.5. The van der Waals surface area contributed by atoms with Gasteiger partial charge in [-0.05, 0) is 49.7 Å². The Hall–Kier alpha value is -2.89. The van der Waals surface area contributed by atoms with Crippen LogP contribution in [0.5, 0.6) is 5.75 Å². The first-order valence-electron chi connectivity index (χ1n) is 7.75. The van der Waals surface area contributed by atoms with Gasteiger partial charge >= 0.3 is 0 Å². The number of carbonyl (C=O) groups is 2. The van der Waals surface area contributed by atoms with E-state index in [9.17, 15) is 9.59 Å². The van der Waals surface area contributed by atoms with Crippen molar-refractivity contribution in [1.82, 2.24) is 15.6 Å². The fraction of sp³-hybridized carbons (Fsp3) is 0.278. The number of pyridine rings is 1. The van der Waals surface area contributed by atoms with Crippen LogP contribution in [-0.2, 0) is 11.3 Å². The molecular formula is C18H21N3O3. The van der Waals surface area contributed by atoms with Crippen molar-refractivity contribution in [2.75, 3.05) is 6.54 Å². The Morgan fingerprint density at radius 3 is 2.50 bits per heavy atom. The van der Waals surface area contributed by atoms with Crippen LogP contribution in [-0.4, -0.2) is 29.4 Å². The minimum atomic E-state index is -0.303. The molecule has 0 atom stereocenters. The third-order valence-corrected chi connectivity index (χ3v) is 3.11. The predicted molar refractivity (Wildman–Crippen MR) is 90.6 cm³/mol. The maximum Gasteiger partial charge on any atom is 0.251 e. The Bertz CT molecular complexity index is 670. The molecule has 0 spiro atoms. The van der Waals surface area contributed by atoms with Crippen molar-refractivity contribution in [1.29, 1.82) is 0 Å². The van der Waals surface area contributed by atoms with E-state index in [0.29, 0.717) is 17.9 Å². The number of aromatic nitrogens is 1. The summed E-state index contributed by atoms with van der Waals surface area (Å²) in [5.74, 6) is 0.144. The van der Waals surface area contributed by atoms with Crippen LogP contribution >= 0.6 is 0 Å². The zero-order valence-electron chi connectivity index (χ0n) is 13.8. The normalized spacial score (nSPS) is 10.3. The number of rotatable bonds is 7. The van der Waals surface area contributed by atoms with E-state index in [1.165, 1.54) is 0 Å². The van der Waals surface area contributed by atoms with E-state index < -0.39 is 0 Å². The van der Waals surface area contributed by atoms with E-state index in [1.807, 2.05) is 19.9 Å². The molecule has 6 heteroatoms. The number of amides is 2. The highest BCUT2D eigenvalue weighted by Crippen LogP contribution is 2.13. The van der Waals surface area contributed by atoms with Crippen LogP contribution in [0.2, 0.25) is 0 Å². The molecule has 1 aromatic carbocycles. The molecule has 0 aliphatic heterocycles. The summed E-state index contributed by atoms with van der Waals surface area (Å²) in [6, 6.07) is 10.5. The van der Waals surface area contributed by atoms with Crippen LogP contribution in [0.4, 0.5) is 0 Å². The number of hydrogen-bond acceptors (Lipinski definition) is 4. The Labute approximate surface area is 141 Å². The Balaban J connectivity index is 1.76. The molecule has 2 aromatic rings. The smallest absolute Gasteiger partial charge is 0.251 e. The molecule has 0 unspecified atom stereocenters. The van der Waals surface area contributed by atoms with Crippen LogP contribution in [0.25, 0.3) is 0 Å². The summed E-state index contributed by atoms with van der Waals surface area (Å²) < 4.78 is 5.52. The number of nitrogens with zero attached hydrogens (tertiary/aromatic N) is 1. The molecule has 2 N–H and O–H groups in total.